The number of para-hydroxylation sites is 1. The zero-order valence-electron chi connectivity index (χ0n) is 16.4. The number of nitrogens with one attached hydrogen (secondary N) is 2. The summed E-state index contributed by atoms with van der Waals surface area (Å²) in [5, 5.41) is 4.70. The summed E-state index contributed by atoms with van der Waals surface area (Å²) in [6, 6.07) is 28.8. The smallest absolute Gasteiger partial charge is 0.240 e. The fourth-order valence-electron chi connectivity index (χ4n) is 3.13. The number of hydrazine groups is 1. The maximum atomic E-state index is 12.9. The Bertz CT molecular complexity index is 915. The van der Waals surface area contributed by atoms with Gasteiger partial charge in [-0.3, -0.25) is 20.0 Å². The molecule has 148 valence electrons. The molecule has 0 aliphatic rings. The van der Waals surface area contributed by atoms with Gasteiger partial charge in [-0.05, 0) is 23.3 Å². The topological polar surface area (TPSA) is 61.4 Å². The van der Waals surface area contributed by atoms with Crippen molar-refractivity contribution in [2.45, 2.75) is 25.9 Å². The summed E-state index contributed by atoms with van der Waals surface area (Å²) < 4.78 is 0. The minimum absolute atomic E-state index is 0.141. The van der Waals surface area contributed by atoms with Crippen molar-refractivity contribution in [3.05, 3.63) is 102 Å². The molecule has 0 aliphatic carbocycles. The maximum absolute atomic E-state index is 12.9. The molecule has 2 amide bonds. The van der Waals surface area contributed by atoms with Crippen molar-refractivity contribution in [1.82, 2.24) is 10.7 Å². The number of amides is 2. The molecule has 3 aromatic rings. The van der Waals surface area contributed by atoms with Crippen molar-refractivity contribution in [1.29, 1.82) is 0 Å². The van der Waals surface area contributed by atoms with Crippen LogP contribution in [0.5, 0.6) is 0 Å². The SMILES string of the molecule is CC(=O)N[C@@H](CC(=O)NN(Cc1ccccc1)c1ccccc1)c1ccccc1. The molecule has 5 heteroatoms. The van der Waals surface area contributed by atoms with E-state index in [1.807, 2.05) is 96.0 Å². The molecule has 0 spiro atoms. The lowest BCUT2D eigenvalue weighted by Gasteiger charge is -2.27. The first-order valence-corrected chi connectivity index (χ1v) is 9.60. The molecule has 3 rings (SSSR count). The van der Waals surface area contributed by atoms with E-state index in [4.69, 9.17) is 0 Å². The standard InChI is InChI=1S/C24H25N3O2/c1-19(28)25-23(21-13-7-3-8-14-21)17-24(29)26-27(22-15-9-4-10-16-22)18-20-11-5-2-6-12-20/h2-16,23H,17-18H2,1H3,(H,25,28)(H,26,29)/t23-/m0/s1. The Labute approximate surface area is 171 Å². The first kappa shape index (κ1) is 20.1. The maximum Gasteiger partial charge on any atom is 0.240 e. The molecular formula is C24H25N3O2. The zero-order chi connectivity index (χ0) is 20.5. The van der Waals surface area contributed by atoms with Crippen LogP contribution in [0.3, 0.4) is 0 Å². The minimum atomic E-state index is -0.386. The van der Waals surface area contributed by atoms with E-state index < -0.39 is 0 Å². The van der Waals surface area contributed by atoms with Crippen LogP contribution in [0, 0.1) is 0 Å². The lowest BCUT2D eigenvalue weighted by atomic mass is 10.0. The van der Waals surface area contributed by atoms with Crippen molar-refractivity contribution in [2.24, 2.45) is 0 Å². The summed E-state index contributed by atoms with van der Waals surface area (Å²) in [4.78, 5) is 24.5. The number of benzene rings is 3. The summed E-state index contributed by atoms with van der Waals surface area (Å²) in [5.74, 6) is -0.344. The first-order chi connectivity index (χ1) is 14.1. The molecule has 29 heavy (non-hydrogen) atoms. The van der Waals surface area contributed by atoms with Crippen molar-refractivity contribution < 1.29 is 9.59 Å². The zero-order valence-corrected chi connectivity index (χ0v) is 16.4. The highest BCUT2D eigenvalue weighted by atomic mass is 16.2. The Kier molecular flexibility index (Phi) is 7.00. The molecule has 0 saturated carbocycles. The third kappa shape index (κ3) is 6.21. The lowest BCUT2D eigenvalue weighted by Crippen LogP contribution is -2.43. The average molecular weight is 387 g/mol. The summed E-state index contributed by atoms with van der Waals surface area (Å²) in [6.07, 6.45) is 0.141. The van der Waals surface area contributed by atoms with Crippen LogP contribution in [0.4, 0.5) is 5.69 Å². The van der Waals surface area contributed by atoms with Gasteiger partial charge in [-0.1, -0.05) is 78.9 Å². The molecule has 0 bridgehead atoms. The molecular weight excluding hydrogens is 362 g/mol. The monoisotopic (exact) mass is 387 g/mol. The number of hydrogen-bond donors (Lipinski definition) is 2. The number of anilines is 1. The molecule has 0 heterocycles. The molecule has 0 aromatic heterocycles. The van der Waals surface area contributed by atoms with Crippen molar-refractivity contribution >= 4 is 17.5 Å². The van der Waals surface area contributed by atoms with Gasteiger partial charge in [0.05, 0.1) is 24.7 Å². The molecule has 3 aromatic carbocycles. The van der Waals surface area contributed by atoms with E-state index in [1.54, 1.807) is 0 Å². The first-order valence-electron chi connectivity index (χ1n) is 9.60. The van der Waals surface area contributed by atoms with Gasteiger partial charge in [-0.15, -0.1) is 0 Å². The lowest BCUT2D eigenvalue weighted by molar-refractivity contribution is -0.123. The summed E-state index contributed by atoms with van der Waals surface area (Å²) in [7, 11) is 0. The quantitative estimate of drug-likeness (QED) is 0.575. The van der Waals surface area contributed by atoms with Gasteiger partial charge in [0.1, 0.15) is 0 Å². The molecule has 0 radical (unpaired) electrons. The van der Waals surface area contributed by atoms with Gasteiger partial charge < -0.3 is 5.32 Å². The van der Waals surface area contributed by atoms with Gasteiger partial charge in [-0.25, -0.2) is 0 Å². The number of hydrogen-bond acceptors (Lipinski definition) is 3. The fraction of sp³-hybridized carbons (Fsp3) is 0.167. The van der Waals surface area contributed by atoms with Crippen LogP contribution in [0.15, 0.2) is 91.0 Å². The second-order valence-corrected chi connectivity index (χ2v) is 6.81. The number of nitrogens with zero attached hydrogens (tertiary/aromatic N) is 1. The summed E-state index contributed by atoms with van der Waals surface area (Å²) in [5.41, 5.74) is 5.86. The van der Waals surface area contributed by atoms with Crippen molar-refractivity contribution in [3.63, 3.8) is 0 Å². The van der Waals surface area contributed by atoms with Gasteiger partial charge in [0.25, 0.3) is 0 Å². The van der Waals surface area contributed by atoms with Crippen LogP contribution in [-0.4, -0.2) is 11.8 Å². The van der Waals surface area contributed by atoms with Crippen molar-refractivity contribution in [2.75, 3.05) is 5.01 Å². The normalized spacial score (nSPS) is 11.3. The highest BCUT2D eigenvalue weighted by molar-refractivity contribution is 5.80. The predicted octanol–water partition coefficient (Wildman–Crippen LogP) is 3.99. The highest BCUT2D eigenvalue weighted by Crippen LogP contribution is 2.18. The Morgan fingerprint density at radius 1 is 0.828 bits per heavy atom. The largest absolute Gasteiger partial charge is 0.349 e. The predicted molar refractivity (Wildman–Crippen MR) is 115 cm³/mol. The van der Waals surface area contributed by atoms with Gasteiger partial charge in [0.2, 0.25) is 11.8 Å². The Balaban J connectivity index is 1.75. The second kappa shape index (κ2) is 10.1. The number of rotatable bonds is 8. The van der Waals surface area contributed by atoms with E-state index in [-0.39, 0.29) is 24.3 Å². The van der Waals surface area contributed by atoms with E-state index in [2.05, 4.69) is 10.7 Å². The summed E-state index contributed by atoms with van der Waals surface area (Å²) >= 11 is 0. The van der Waals surface area contributed by atoms with Gasteiger partial charge in [0.15, 0.2) is 0 Å². The number of carbonyl (C=O) groups excluding carboxylic acids is 2. The third-order valence-electron chi connectivity index (χ3n) is 4.48. The minimum Gasteiger partial charge on any atom is -0.349 e. The van der Waals surface area contributed by atoms with Crippen molar-refractivity contribution in [3.8, 4) is 0 Å². The van der Waals surface area contributed by atoms with Gasteiger partial charge in [0, 0.05) is 6.92 Å². The van der Waals surface area contributed by atoms with Crippen LogP contribution in [-0.2, 0) is 16.1 Å². The number of carbonyl (C=O) groups is 2. The van der Waals surface area contributed by atoms with E-state index in [1.165, 1.54) is 6.92 Å². The molecule has 0 fully saturated rings. The Morgan fingerprint density at radius 2 is 1.38 bits per heavy atom. The van der Waals surface area contributed by atoms with E-state index >= 15 is 0 Å². The summed E-state index contributed by atoms with van der Waals surface area (Å²) in [6.45, 7) is 1.99. The fourth-order valence-corrected chi connectivity index (χ4v) is 3.13. The third-order valence-corrected chi connectivity index (χ3v) is 4.48. The molecule has 1 atom stereocenters. The Hall–Kier alpha value is -3.60. The molecule has 0 aliphatic heterocycles. The Morgan fingerprint density at radius 3 is 1.97 bits per heavy atom. The van der Waals surface area contributed by atoms with Crippen LogP contribution < -0.4 is 15.8 Å². The molecule has 0 saturated heterocycles. The second-order valence-electron chi connectivity index (χ2n) is 6.81. The van der Waals surface area contributed by atoms with Crippen LogP contribution in [0.1, 0.15) is 30.5 Å². The van der Waals surface area contributed by atoms with E-state index in [0.717, 1.165) is 16.8 Å². The molecule has 5 nitrogen and oxygen atoms in total. The molecule has 0 unspecified atom stereocenters. The van der Waals surface area contributed by atoms with Gasteiger partial charge in [-0.2, -0.15) is 0 Å². The average Bonchev–Trinajstić information content (AvgIpc) is 2.74. The van der Waals surface area contributed by atoms with E-state index in [9.17, 15) is 9.59 Å². The van der Waals surface area contributed by atoms with Gasteiger partial charge >= 0.3 is 0 Å². The van der Waals surface area contributed by atoms with Crippen LogP contribution >= 0.6 is 0 Å². The van der Waals surface area contributed by atoms with Crippen LogP contribution in [0.25, 0.3) is 0 Å². The highest BCUT2D eigenvalue weighted by Gasteiger charge is 2.19. The van der Waals surface area contributed by atoms with Crippen LogP contribution in [0.2, 0.25) is 0 Å². The molecule has 2 N–H and O–H groups in total. The van der Waals surface area contributed by atoms with E-state index in [0.29, 0.717) is 6.54 Å².